The predicted octanol–water partition coefficient (Wildman–Crippen LogP) is 5.28. The number of hydrogen-bond donors (Lipinski definition) is 0. The van der Waals surface area contributed by atoms with Crippen LogP contribution in [0.3, 0.4) is 0 Å². The third kappa shape index (κ3) is 3.81. The average molecular weight is 207 g/mol. The van der Waals surface area contributed by atoms with Crippen molar-refractivity contribution >= 4 is 0 Å². The molecule has 2 aliphatic rings. The van der Waals surface area contributed by atoms with Gasteiger partial charge in [0.1, 0.15) is 0 Å². The monoisotopic (exact) mass is 207 g/mol. The zero-order valence-corrected chi connectivity index (χ0v) is 10.3. The Bertz CT molecular complexity index is 145. The fraction of sp³-hybridized carbons (Fsp3) is 0.933. The Morgan fingerprint density at radius 2 is 1.00 bits per heavy atom. The number of rotatable bonds is 1. The first-order valence-electron chi connectivity index (χ1n) is 7.31. The van der Waals surface area contributed by atoms with E-state index in [0.29, 0.717) is 0 Å². The molecule has 0 spiro atoms. The molecule has 0 aliphatic heterocycles. The van der Waals surface area contributed by atoms with Gasteiger partial charge in [0.05, 0.1) is 0 Å². The van der Waals surface area contributed by atoms with E-state index in [-0.39, 0.29) is 0 Å². The van der Waals surface area contributed by atoms with Crippen molar-refractivity contribution in [2.75, 3.05) is 0 Å². The standard InChI is InChI=1S/C15H27/c1-2-6-10-14(11-7-3-1)15-12-8-4-5-9-13-15/h15H,1-13H2. The van der Waals surface area contributed by atoms with Gasteiger partial charge < -0.3 is 0 Å². The largest absolute Gasteiger partial charge is 0.0533 e. The first-order chi connectivity index (χ1) is 7.47. The van der Waals surface area contributed by atoms with Crippen LogP contribution in [-0.4, -0.2) is 0 Å². The molecule has 0 bridgehead atoms. The SMILES string of the molecule is C1CCC[C](C2CCCCCC2)CCC1. The minimum atomic E-state index is 1.03. The molecule has 0 heterocycles. The first-order valence-corrected chi connectivity index (χ1v) is 7.31. The summed E-state index contributed by atoms with van der Waals surface area (Å²) in [6.07, 6.45) is 19.5. The van der Waals surface area contributed by atoms with Gasteiger partial charge in [-0.1, -0.05) is 57.8 Å². The summed E-state index contributed by atoms with van der Waals surface area (Å²) in [5, 5.41) is 0. The van der Waals surface area contributed by atoms with Crippen LogP contribution in [0, 0.1) is 11.8 Å². The summed E-state index contributed by atoms with van der Waals surface area (Å²) in [6, 6.07) is 0. The Labute approximate surface area is 95.8 Å². The van der Waals surface area contributed by atoms with Crippen molar-refractivity contribution in [1.29, 1.82) is 0 Å². The van der Waals surface area contributed by atoms with Gasteiger partial charge in [0, 0.05) is 0 Å². The molecule has 87 valence electrons. The third-order valence-electron chi connectivity index (χ3n) is 4.43. The van der Waals surface area contributed by atoms with Crippen molar-refractivity contribution in [2.24, 2.45) is 5.92 Å². The van der Waals surface area contributed by atoms with Crippen LogP contribution >= 0.6 is 0 Å². The zero-order chi connectivity index (χ0) is 10.3. The molecule has 15 heavy (non-hydrogen) atoms. The van der Waals surface area contributed by atoms with Crippen LogP contribution in [0.1, 0.15) is 83.5 Å². The molecular formula is C15H27. The van der Waals surface area contributed by atoms with Crippen LogP contribution in [0.25, 0.3) is 0 Å². The van der Waals surface area contributed by atoms with Crippen LogP contribution in [-0.2, 0) is 0 Å². The molecule has 0 heteroatoms. The maximum Gasteiger partial charge on any atom is -0.0210 e. The van der Waals surface area contributed by atoms with Gasteiger partial charge in [0.2, 0.25) is 0 Å². The lowest BCUT2D eigenvalue weighted by Gasteiger charge is -2.27. The topological polar surface area (TPSA) is 0 Å². The Morgan fingerprint density at radius 3 is 1.60 bits per heavy atom. The number of hydrogen-bond acceptors (Lipinski definition) is 0. The molecule has 0 amide bonds. The quantitative estimate of drug-likeness (QED) is 0.513. The molecule has 1 radical (unpaired) electrons. The van der Waals surface area contributed by atoms with Crippen molar-refractivity contribution < 1.29 is 0 Å². The van der Waals surface area contributed by atoms with Crippen LogP contribution < -0.4 is 0 Å². The molecule has 0 unspecified atom stereocenters. The van der Waals surface area contributed by atoms with Crippen molar-refractivity contribution in [1.82, 2.24) is 0 Å². The van der Waals surface area contributed by atoms with Crippen molar-refractivity contribution in [3.63, 3.8) is 0 Å². The maximum absolute atomic E-state index is 1.97. The molecule has 0 aromatic heterocycles. The molecule has 2 rings (SSSR count). The molecule has 0 aromatic rings. The normalized spacial score (nSPS) is 28.0. The van der Waals surface area contributed by atoms with E-state index in [2.05, 4.69) is 0 Å². The highest BCUT2D eigenvalue weighted by Gasteiger charge is 2.23. The predicted molar refractivity (Wildman–Crippen MR) is 66.8 cm³/mol. The van der Waals surface area contributed by atoms with Gasteiger partial charge in [0.15, 0.2) is 0 Å². The van der Waals surface area contributed by atoms with Crippen LogP contribution in [0.4, 0.5) is 0 Å². The summed E-state index contributed by atoms with van der Waals surface area (Å²) < 4.78 is 0. The van der Waals surface area contributed by atoms with Gasteiger partial charge in [-0.05, 0) is 37.5 Å². The molecule has 0 saturated heterocycles. The fourth-order valence-corrected chi connectivity index (χ4v) is 3.46. The Balaban J connectivity index is 1.82. The molecule has 2 fully saturated rings. The molecule has 0 aromatic carbocycles. The molecule has 0 nitrogen and oxygen atoms in total. The second-order valence-electron chi connectivity index (χ2n) is 5.61. The smallest absolute Gasteiger partial charge is 0.0210 e. The van der Waals surface area contributed by atoms with Crippen molar-refractivity contribution in [3.05, 3.63) is 5.92 Å². The van der Waals surface area contributed by atoms with E-state index in [1.54, 1.807) is 0 Å². The Morgan fingerprint density at radius 1 is 0.533 bits per heavy atom. The summed E-state index contributed by atoms with van der Waals surface area (Å²) in [4.78, 5) is 0. The average Bonchev–Trinajstić information content (AvgIpc) is 2.45. The minimum Gasteiger partial charge on any atom is -0.0533 e. The van der Waals surface area contributed by atoms with Gasteiger partial charge in [0.25, 0.3) is 0 Å². The van der Waals surface area contributed by atoms with Crippen molar-refractivity contribution in [2.45, 2.75) is 83.5 Å². The second-order valence-corrected chi connectivity index (χ2v) is 5.61. The van der Waals surface area contributed by atoms with E-state index in [4.69, 9.17) is 0 Å². The summed E-state index contributed by atoms with van der Waals surface area (Å²) in [7, 11) is 0. The summed E-state index contributed by atoms with van der Waals surface area (Å²) >= 11 is 0. The van der Waals surface area contributed by atoms with Crippen LogP contribution in [0.15, 0.2) is 0 Å². The summed E-state index contributed by atoms with van der Waals surface area (Å²) in [6.45, 7) is 0. The zero-order valence-electron chi connectivity index (χ0n) is 10.3. The molecular weight excluding hydrogens is 180 g/mol. The minimum absolute atomic E-state index is 1.03. The maximum atomic E-state index is 1.97. The first kappa shape index (κ1) is 11.5. The lowest BCUT2D eigenvalue weighted by molar-refractivity contribution is 0.393. The van der Waals surface area contributed by atoms with Crippen molar-refractivity contribution in [3.8, 4) is 0 Å². The fourth-order valence-electron chi connectivity index (χ4n) is 3.46. The van der Waals surface area contributed by atoms with E-state index in [0.717, 1.165) is 5.92 Å². The highest BCUT2D eigenvalue weighted by molar-refractivity contribution is 4.97. The second kappa shape index (κ2) is 6.55. The molecule has 2 aliphatic carbocycles. The lowest BCUT2D eigenvalue weighted by Crippen LogP contribution is -2.13. The summed E-state index contributed by atoms with van der Waals surface area (Å²) in [5.74, 6) is 3.00. The Kier molecular flexibility index (Phi) is 5.02. The van der Waals surface area contributed by atoms with Gasteiger partial charge in [-0.3, -0.25) is 0 Å². The molecule has 0 atom stereocenters. The van der Waals surface area contributed by atoms with Gasteiger partial charge >= 0.3 is 0 Å². The third-order valence-corrected chi connectivity index (χ3v) is 4.43. The van der Waals surface area contributed by atoms with E-state index in [1.807, 2.05) is 5.92 Å². The highest BCUT2D eigenvalue weighted by atomic mass is 14.3. The molecule has 0 N–H and O–H groups in total. The molecule has 2 saturated carbocycles. The van der Waals surface area contributed by atoms with E-state index >= 15 is 0 Å². The van der Waals surface area contributed by atoms with Gasteiger partial charge in [-0.25, -0.2) is 0 Å². The van der Waals surface area contributed by atoms with E-state index < -0.39 is 0 Å². The van der Waals surface area contributed by atoms with Gasteiger partial charge in [-0.15, -0.1) is 0 Å². The van der Waals surface area contributed by atoms with E-state index in [9.17, 15) is 0 Å². The highest BCUT2D eigenvalue weighted by Crippen LogP contribution is 2.37. The Hall–Kier alpha value is 0. The van der Waals surface area contributed by atoms with Crippen LogP contribution in [0.2, 0.25) is 0 Å². The summed E-state index contributed by atoms with van der Waals surface area (Å²) in [5.41, 5.74) is 0. The van der Waals surface area contributed by atoms with E-state index in [1.165, 1.54) is 83.5 Å². The lowest BCUT2D eigenvalue weighted by atomic mass is 9.78. The van der Waals surface area contributed by atoms with Gasteiger partial charge in [-0.2, -0.15) is 0 Å². The van der Waals surface area contributed by atoms with Crippen LogP contribution in [0.5, 0.6) is 0 Å².